The van der Waals surface area contributed by atoms with Crippen molar-refractivity contribution in [3.05, 3.63) is 0 Å². The number of rotatable bonds is 4. The minimum atomic E-state index is -1.22. The standard InChI is InChI=1S/C23H41BN2O3/c25-15-16-3-1-5-19(13-16)17-9-11-26(12-10-17)23(27)21-6-2-4-18-7-8-20(24(28)29)14-22(18)21/h16-22,28-29H,1-15,25H2. The molecule has 1 saturated heterocycles. The van der Waals surface area contributed by atoms with E-state index in [-0.39, 0.29) is 11.7 Å². The van der Waals surface area contributed by atoms with Crippen molar-refractivity contribution in [2.75, 3.05) is 19.6 Å². The number of piperidine rings is 1. The van der Waals surface area contributed by atoms with E-state index in [9.17, 15) is 14.8 Å². The normalized spacial score (nSPS) is 39.1. The van der Waals surface area contributed by atoms with Gasteiger partial charge in [0.1, 0.15) is 0 Å². The number of likely N-dealkylation sites (tertiary alicyclic amines) is 1. The van der Waals surface area contributed by atoms with Gasteiger partial charge in [-0.3, -0.25) is 4.79 Å². The molecule has 0 bridgehead atoms. The van der Waals surface area contributed by atoms with Crippen molar-refractivity contribution >= 4 is 13.0 Å². The number of nitrogens with zero attached hydrogens (tertiary/aromatic N) is 1. The van der Waals surface area contributed by atoms with Crippen molar-refractivity contribution in [3.63, 3.8) is 0 Å². The first-order valence-electron chi connectivity index (χ1n) is 12.4. The molecule has 4 N–H and O–H groups in total. The third-order valence-corrected chi connectivity index (χ3v) is 9.11. The molecule has 0 aromatic rings. The second-order valence-corrected chi connectivity index (χ2v) is 10.6. The summed E-state index contributed by atoms with van der Waals surface area (Å²) in [6.45, 7) is 2.68. The smallest absolute Gasteiger partial charge is 0.427 e. The molecule has 6 heteroatoms. The maximum Gasteiger partial charge on any atom is 0.454 e. The third kappa shape index (κ3) is 4.85. The average molecular weight is 404 g/mol. The average Bonchev–Trinajstić information content (AvgIpc) is 2.78. The SMILES string of the molecule is NCC1CCCC(C2CCN(C(=O)C3CCCC4CCC(B(O)O)CC43)CC2)C1. The first kappa shape index (κ1) is 21.6. The fraction of sp³-hybridized carbons (Fsp3) is 0.957. The molecule has 3 aliphatic carbocycles. The molecule has 29 heavy (non-hydrogen) atoms. The predicted molar refractivity (Wildman–Crippen MR) is 116 cm³/mol. The first-order valence-corrected chi connectivity index (χ1v) is 12.4. The van der Waals surface area contributed by atoms with Crippen LogP contribution in [0.1, 0.15) is 77.0 Å². The Balaban J connectivity index is 1.33. The molecule has 1 aliphatic heterocycles. The molecule has 4 fully saturated rings. The Labute approximate surface area is 176 Å². The maximum absolute atomic E-state index is 13.5. The highest BCUT2D eigenvalue weighted by atomic mass is 16.4. The lowest BCUT2D eigenvalue weighted by Crippen LogP contribution is -2.48. The van der Waals surface area contributed by atoms with Crippen LogP contribution in [0.15, 0.2) is 0 Å². The minimum Gasteiger partial charge on any atom is -0.427 e. The number of nitrogens with two attached hydrogens (primary N) is 1. The highest BCUT2D eigenvalue weighted by Gasteiger charge is 2.45. The topological polar surface area (TPSA) is 86.8 Å². The summed E-state index contributed by atoms with van der Waals surface area (Å²) in [5.41, 5.74) is 5.94. The van der Waals surface area contributed by atoms with E-state index >= 15 is 0 Å². The summed E-state index contributed by atoms with van der Waals surface area (Å²) in [6.07, 6.45) is 13.7. The van der Waals surface area contributed by atoms with Crippen molar-refractivity contribution in [2.45, 2.75) is 82.9 Å². The quantitative estimate of drug-likeness (QED) is 0.629. The summed E-state index contributed by atoms with van der Waals surface area (Å²) >= 11 is 0. The van der Waals surface area contributed by atoms with Gasteiger partial charge >= 0.3 is 7.12 Å². The summed E-state index contributed by atoms with van der Waals surface area (Å²) in [7, 11) is -1.22. The Morgan fingerprint density at radius 3 is 2.31 bits per heavy atom. The molecule has 6 atom stereocenters. The third-order valence-electron chi connectivity index (χ3n) is 9.11. The molecule has 0 spiro atoms. The Bertz CT molecular complexity index is 552. The number of carbonyl (C=O) groups is 1. The fourth-order valence-corrected chi connectivity index (χ4v) is 7.35. The number of carbonyl (C=O) groups excluding carboxylic acids is 1. The lowest BCUT2D eigenvalue weighted by molar-refractivity contribution is -0.142. The van der Waals surface area contributed by atoms with Gasteiger partial charge in [-0.2, -0.15) is 0 Å². The van der Waals surface area contributed by atoms with Crippen LogP contribution in [0.5, 0.6) is 0 Å². The molecule has 4 aliphatic rings. The molecule has 6 unspecified atom stereocenters. The van der Waals surface area contributed by atoms with E-state index in [0.717, 1.165) is 76.4 Å². The van der Waals surface area contributed by atoms with E-state index in [1.807, 2.05) is 0 Å². The van der Waals surface area contributed by atoms with Crippen molar-refractivity contribution < 1.29 is 14.8 Å². The van der Waals surface area contributed by atoms with Gasteiger partial charge in [0.05, 0.1) is 0 Å². The van der Waals surface area contributed by atoms with Crippen LogP contribution in [-0.2, 0) is 4.79 Å². The highest BCUT2D eigenvalue weighted by molar-refractivity contribution is 6.43. The Morgan fingerprint density at radius 2 is 1.59 bits per heavy atom. The summed E-state index contributed by atoms with van der Waals surface area (Å²) < 4.78 is 0. The van der Waals surface area contributed by atoms with Crippen molar-refractivity contribution in [3.8, 4) is 0 Å². The van der Waals surface area contributed by atoms with Crippen molar-refractivity contribution in [1.29, 1.82) is 0 Å². The Hall–Kier alpha value is -0.585. The van der Waals surface area contributed by atoms with E-state index in [0.29, 0.717) is 23.7 Å². The van der Waals surface area contributed by atoms with Gasteiger partial charge in [0.25, 0.3) is 0 Å². The monoisotopic (exact) mass is 404 g/mol. The van der Waals surface area contributed by atoms with Crippen LogP contribution in [-0.4, -0.2) is 47.6 Å². The van der Waals surface area contributed by atoms with E-state index in [1.165, 1.54) is 32.1 Å². The van der Waals surface area contributed by atoms with Gasteiger partial charge in [0.15, 0.2) is 0 Å². The van der Waals surface area contributed by atoms with Crippen LogP contribution >= 0.6 is 0 Å². The van der Waals surface area contributed by atoms with Crippen LogP contribution in [0, 0.1) is 35.5 Å². The van der Waals surface area contributed by atoms with Crippen molar-refractivity contribution in [1.82, 2.24) is 4.90 Å². The largest absolute Gasteiger partial charge is 0.454 e. The zero-order valence-electron chi connectivity index (χ0n) is 18.1. The van der Waals surface area contributed by atoms with Gasteiger partial charge in [-0.05, 0) is 80.5 Å². The van der Waals surface area contributed by atoms with E-state index in [2.05, 4.69) is 4.90 Å². The van der Waals surface area contributed by atoms with Crippen LogP contribution < -0.4 is 5.73 Å². The van der Waals surface area contributed by atoms with Gasteiger partial charge < -0.3 is 20.7 Å². The molecule has 1 amide bonds. The molecule has 1 heterocycles. The highest BCUT2D eigenvalue weighted by Crippen LogP contribution is 2.49. The van der Waals surface area contributed by atoms with Gasteiger partial charge in [0, 0.05) is 19.0 Å². The Kier molecular flexibility index (Phi) is 7.24. The fourth-order valence-electron chi connectivity index (χ4n) is 7.35. The number of amides is 1. The summed E-state index contributed by atoms with van der Waals surface area (Å²) in [4.78, 5) is 15.6. The van der Waals surface area contributed by atoms with E-state index in [1.54, 1.807) is 0 Å². The summed E-state index contributed by atoms with van der Waals surface area (Å²) in [6, 6.07) is 0. The predicted octanol–water partition coefficient (Wildman–Crippen LogP) is 3.05. The van der Waals surface area contributed by atoms with Crippen molar-refractivity contribution in [2.24, 2.45) is 41.2 Å². The molecule has 4 rings (SSSR count). The molecular weight excluding hydrogens is 363 g/mol. The molecule has 164 valence electrons. The molecular formula is C23H41BN2O3. The van der Waals surface area contributed by atoms with Crippen LogP contribution in [0.4, 0.5) is 0 Å². The van der Waals surface area contributed by atoms with Crippen LogP contribution in [0.3, 0.4) is 0 Å². The molecule has 3 saturated carbocycles. The summed E-state index contributed by atoms with van der Waals surface area (Å²) in [5.74, 6) is 3.72. The molecule has 0 aromatic carbocycles. The van der Waals surface area contributed by atoms with Gasteiger partial charge in [-0.1, -0.05) is 38.5 Å². The van der Waals surface area contributed by atoms with Crippen LogP contribution in [0.2, 0.25) is 5.82 Å². The maximum atomic E-state index is 13.5. The van der Waals surface area contributed by atoms with E-state index in [4.69, 9.17) is 5.73 Å². The van der Waals surface area contributed by atoms with E-state index < -0.39 is 7.12 Å². The zero-order chi connectivity index (χ0) is 20.4. The first-order chi connectivity index (χ1) is 14.1. The second kappa shape index (κ2) is 9.70. The van der Waals surface area contributed by atoms with Crippen LogP contribution in [0.25, 0.3) is 0 Å². The van der Waals surface area contributed by atoms with Gasteiger partial charge in [0.2, 0.25) is 5.91 Å². The van der Waals surface area contributed by atoms with Gasteiger partial charge in [-0.15, -0.1) is 0 Å². The number of hydrogen-bond donors (Lipinski definition) is 3. The number of fused-ring (bicyclic) bond motifs is 1. The number of hydrogen-bond acceptors (Lipinski definition) is 4. The molecule has 5 nitrogen and oxygen atoms in total. The molecule has 0 aromatic heterocycles. The Morgan fingerprint density at radius 1 is 0.862 bits per heavy atom. The minimum absolute atomic E-state index is 0.0443. The summed E-state index contributed by atoms with van der Waals surface area (Å²) in [5, 5.41) is 19.4. The zero-order valence-corrected chi connectivity index (χ0v) is 18.1. The lowest BCUT2D eigenvalue weighted by Gasteiger charge is -2.46. The van der Waals surface area contributed by atoms with Gasteiger partial charge in [-0.25, -0.2) is 0 Å². The lowest BCUT2D eigenvalue weighted by atomic mass is 9.55. The molecule has 0 radical (unpaired) electrons. The second-order valence-electron chi connectivity index (χ2n) is 10.6.